The van der Waals surface area contributed by atoms with Gasteiger partial charge in [-0.15, -0.1) is 5.10 Å². The summed E-state index contributed by atoms with van der Waals surface area (Å²) in [6.45, 7) is 0.829. The Hall–Kier alpha value is -4.00. The van der Waals surface area contributed by atoms with Crippen LogP contribution in [-0.2, 0) is 13.1 Å². The maximum absolute atomic E-state index is 13.0. The zero-order valence-electron chi connectivity index (χ0n) is 16.5. The van der Waals surface area contributed by atoms with E-state index >= 15 is 0 Å². The SMILES string of the molecule is COc1ccccc1CNC(=O)c1nnn(Cc2ccccc2)c1-c1ccncc1. The number of benzene rings is 2. The number of ether oxygens (including phenoxy) is 1. The van der Waals surface area contributed by atoms with Gasteiger partial charge in [0.05, 0.1) is 13.7 Å². The molecule has 2 aromatic heterocycles. The zero-order valence-corrected chi connectivity index (χ0v) is 16.5. The number of hydrogen-bond donors (Lipinski definition) is 1. The Kier molecular flexibility index (Phi) is 5.80. The number of rotatable bonds is 7. The molecule has 7 nitrogen and oxygen atoms in total. The van der Waals surface area contributed by atoms with Crippen LogP contribution in [0.25, 0.3) is 11.3 Å². The van der Waals surface area contributed by atoms with Gasteiger partial charge in [-0.2, -0.15) is 0 Å². The smallest absolute Gasteiger partial charge is 0.274 e. The molecule has 0 atom stereocenters. The average molecular weight is 399 g/mol. The first kappa shape index (κ1) is 19.3. The molecule has 0 aliphatic heterocycles. The first-order valence-electron chi connectivity index (χ1n) is 9.54. The molecule has 2 heterocycles. The van der Waals surface area contributed by atoms with Crippen LogP contribution in [0.1, 0.15) is 21.6 Å². The van der Waals surface area contributed by atoms with Crippen molar-refractivity contribution in [3.05, 3.63) is 95.9 Å². The van der Waals surface area contributed by atoms with E-state index in [2.05, 4.69) is 20.6 Å². The summed E-state index contributed by atoms with van der Waals surface area (Å²) in [5, 5.41) is 11.4. The van der Waals surface area contributed by atoms with Crippen LogP contribution < -0.4 is 10.1 Å². The third kappa shape index (κ3) is 4.20. The van der Waals surface area contributed by atoms with Crippen LogP contribution in [0.15, 0.2) is 79.1 Å². The fourth-order valence-electron chi connectivity index (χ4n) is 3.24. The van der Waals surface area contributed by atoms with E-state index in [0.717, 1.165) is 22.4 Å². The Bertz CT molecular complexity index is 1130. The summed E-state index contributed by atoms with van der Waals surface area (Å²) in [6, 6.07) is 21.2. The molecule has 4 rings (SSSR count). The highest BCUT2D eigenvalue weighted by atomic mass is 16.5. The first-order chi connectivity index (χ1) is 14.8. The number of nitrogens with zero attached hydrogens (tertiary/aromatic N) is 4. The lowest BCUT2D eigenvalue weighted by Crippen LogP contribution is -2.24. The van der Waals surface area contributed by atoms with Gasteiger partial charge in [-0.1, -0.05) is 53.7 Å². The van der Waals surface area contributed by atoms with E-state index in [9.17, 15) is 4.79 Å². The van der Waals surface area contributed by atoms with E-state index in [4.69, 9.17) is 4.74 Å². The van der Waals surface area contributed by atoms with Gasteiger partial charge in [0.15, 0.2) is 5.69 Å². The second-order valence-electron chi connectivity index (χ2n) is 6.66. The number of carbonyl (C=O) groups excluding carboxylic acids is 1. The van der Waals surface area contributed by atoms with Crippen molar-refractivity contribution in [2.45, 2.75) is 13.1 Å². The average Bonchev–Trinajstić information content (AvgIpc) is 3.22. The van der Waals surface area contributed by atoms with E-state index in [1.807, 2.05) is 66.7 Å². The van der Waals surface area contributed by atoms with Crippen LogP contribution in [0.3, 0.4) is 0 Å². The molecule has 30 heavy (non-hydrogen) atoms. The Balaban J connectivity index is 1.63. The Morgan fingerprint density at radius 2 is 1.73 bits per heavy atom. The lowest BCUT2D eigenvalue weighted by Gasteiger charge is -2.10. The van der Waals surface area contributed by atoms with E-state index < -0.39 is 0 Å². The maximum atomic E-state index is 13.0. The van der Waals surface area contributed by atoms with Crippen LogP contribution in [0, 0.1) is 0 Å². The molecule has 0 aliphatic rings. The van der Waals surface area contributed by atoms with Crippen molar-refractivity contribution in [2.75, 3.05) is 7.11 Å². The molecule has 2 aromatic carbocycles. The predicted molar refractivity (Wildman–Crippen MR) is 113 cm³/mol. The summed E-state index contributed by atoms with van der Waals surface area (Å²) in [7, 11) is 1.61. The minimum atomic E-state index is -0.299. The van der Waals surface area contributed by atoms with Crippen molar-refractivity contribution < 1.29 is 9.53 Å². The van der Waals surface area contributed by atoms with Crippen LogP contribution in [0.5, 0.6) is 5.75 Å². The molecule has 0 saturated heterocycles. The van der Waals surface area contributed by atoms with Gasteiger partial charge < -0.3 is 10.1 Å². The number of aromatic nitrogens is 4. The quantitative estimate of drug-likeness (QED) is 0.516. The minimum Gasteiger partial charge on any atom is -0.496 e. The lowest BCUT2D eigenvalue weighted by atomic mass is 10.1. The van der Waals surface area contributed by atoms with Gasteiger partial charge in [-0.05, 0) is 23.8 Å². The third-order valence-corrected chi connectivity index (χ3v) is 4.71. The van der Waals surface area contributed by atoms with Gasteiger partial charge in [0.2, 0.25) is 0 Å². The highest BCUT2D eigenvalue weighted by molar-refractivity contribution is 5.98. The topological polar surface area (TPSA) is 81.9 Å². The molecule has 0 spiro atoms. The molecule has 0 radical (unpaired) electrons. The van der Waals surface area contributed by atoms with Crippen molar-refractivity contribution in [3.8, 4) is 17.0 Å². The normalized spacial score (nSPS) is 10.6. The van der Waals surface area contributed by atoms with Crippen LogP contribution in [0.2, 0.25) is 0 Å². The summed E-state index contributed by atoms with van der Waals surface area (Å²) in [4.78, 5) is 17.1. The number of methoxy groups -OCH3 is 1. The van der Waals surface area contributed by atoms with Crippen molar-refractivity contribution in [3.63, 3.8) is 0 Å². The van der Waals surface area contributed by atoms with Gasteiger partial charge in [-0.3, -0.25) is 9.78 Å². The molecular formula is C23H21N5O2. The fraction of sp³-hybridized carbons (Fsp3) is 0.130. The maximum Gasteiger partial charge on any atom is 0.274 e. The molecule has 150 valence electrons. The molecule has 1 N–H and O–H groups in total. The van der Waals surface area contributed by atoms with Gasteiger partial charge in [0.25, 0.3) is 5.91 Å². The summed E-state index contributed by atoms with van der Waals surface area (Å²) in [6.07, 6.45) is 3.37. The van der Waals surface area contributed by atoms with E-state index in [0.29, 0.717) is 18.8 Å². The molecule has 0 unspecified atom stereocenters. The Morgan fingerprint density at radius 1 is 1.00 bits per heavy atom. The predicted octanol–water partition coefficient (Wildman–Crippen LogP) is 3.33. The monoisotopic (exact) mass is 399 g/mol. The van der Waals surface area contributed by atoms with Gasteiger partial charge >= 0.3 is 0 Å². The number of pyridine rings is 1. The summed E-state index contributed by atoms with van der Waals surface area (Å²) >= 11 is 0. The molecule has 1 amide bonds. The van der Waals surface area contributed by atoms with Gasteiger partial charge in [-0.25, -0.2) is 4.68 Å². The Morgan fingerprint density at radius 3 is 2.50 bits per heavy atom. The zero-order chi connectivity index (χ0) is 20.8. The second kappa shape index (κ2) is 9.00. The summed E-state index contributed by atoms with van der Waals surface area (Å²) in [5.41, 5.74) is 3.70. The molecule has 7 heteroatoms. The van der Waals surface area contributed by atoms with E-state index in [1.54, 1.807) is 24.2 Å². The molecule has 4 aromatic rings. The lowest BCUT2D eigenvalue weighted by molar-refractivity contribution is 0.0946. The van der Waals surface area contributed by atoms with Crippen molar-refractivity contribution in [1.29, 1.82) is 0 Å². The summed E-state index contributed by atoms with van der Waals surface area (Å²) in [5.74, 6) is 0.423. The largest absolute Gasteiger partial charge is 0.496 e. The van der Waals surface area contributed by atoms with Crippen molar-refractivity contribution in [1.82, 2.24) is 25.3 Å². The van der Waals surface area contributed by atoms with Crippen LogP contribution in [0.4, 0.5) is 0 Å². The van der Waals surface area contributed by atoms with E-state index in [-0.39, 0.29) is 11.6 Å². The number of carbonyl (C=O) groups is 1. The molecule has 0 fully saturated rings. The number of hydrogen-bond acceptors (Lipinski definition) is 5. The molecular weight excluding hydrogens is 378 g/mol. The van der Waals surface area contributed by atoms with Gasteiger partial charge in [0.1, 0.15) is 11.4 Å². The fourth-order valence-corrected chi connectivity index (χ4v) is 3.24. The molecule has 0 bridgehead atoms. The first-order valence-corrected chi connectivity index (χ1v) is 9.54. The Labute approximate surface area is 174 Å². The summed E-state index contributed by atoms with van der Waals surface area (Å²) < 4.78 is 7.10. The van der Waals surface area contributed by atoms with Gasteiger partial charge in [0, 0.05) is 30.1 Å². The van der Waals surface area contributed by atoms with Crippen LogP contribution in [-0.4, -0.2) is 33.0 Å². The molecule has 0 saturated carbocycles. The van der Waals surface area contributed by atoms with E-state index in [1.165, 1.54) is 0 Å². The number of amides is 1. The van der Waals surface area contributed by atoms with Crippen molar-refractivity contribution >= 4 is 5.91 Å². The number of para-hydroxylation sites is 1. The highest BCUT2D eigenvalue weighted by Crippen LogP contribution is 2.23. The van der Waals surface area contributed by atoms with Crippen LogP contribution >= 0.6 is 0 Å². The third-order valence-electron chi connectivity index (χ3n) is 4.71. The minimum absolute atomic E-state index is 0.270. The number of nitrogens with one attached hydrogen (secondary N) is 1. The van der Waals surface area contributed by atoms with Crippen molar-refractivity contribution in [2.24, 2.45) is 0 Å². The highest BCUT2D eigenvalue weighted by Gasteiger charge is 2.21. The second-order valence-corrected chi connectivity index (χ2v) is 6.66. The standard InChI is InChI=1S/C23H21N5O2/c1-30-20-10-6-5-9-19(20)15-25-23(29)21-22(18-11-13-24-14-12-18)28(27-26-21)16-17-7-3-2-4-8-17/h2-14H,15-16H2,1H3,(H,25,29). The molecule has 0 aliphatic carbocycles.